The van der Waals surface area contributed by atoms with E-state index in [1.165, 1.54) is 135 Å². The molecule has 6 nitrogen and oxygen atoms in total. The van der Waals surface area contributed by atoms with E-state index in [2.05, 4.69) is 142 Å². The average molecular weight is 1100 g/mol. The molecular weight excluding hydrogens is 973 g/mol. The van der Waals surface area contributed by atoms with E-state index in [4.69, 9.17) is 14.2 Å². The van der Waals surface area contributed by atoms with Gasteiger partial charge < -0.3 is 14.2 Å². The number of carbonyl (C=O) groups excluding carboxylic acids is 3. The largest absolute Gasteiger partial charge is 0.462 e. The fraction of sp³-hybridized carbons (Fsp3) is 0.685. The number of hydrogen-bond acceptors (Lipinski definition) is 6. The molecule has 0 aliphatic carbocycles. The van der Waals surface area contributed by atoms with Gasteiger partial charge in [-0.05, 0) is 109 Å². The van der Waals surface area contributed by atoms with Gasteiger partial charge in [0.1, 0.15) is 13.2 Å². The summed E-state index contributed by atoms with van der Waals surface area (Å²) in [6.07, 6.45) is 92.2. The van der Waals surface area contributed by atoms with E-state index < -0.39 is 6.10 Å². The molecule has 0 heterocycles. The van der Waals surface area contributed by atoms with E-state index in [1.54, 1.807) is 0 Å². The van der Waals surface area contributed by atoms with E-state index >= 15 is 0 Å². The summed E-state index contributed by atoms with van der Waals surface area (Å²) < 4.78 is 16.9. The summed E-state index contributed by atoms with van der Waals surface area (Å²) in [4.78, 5) is 38.2. The van der Waals surface area contributed by atoms with Gasteiger partial charge in [0.2, 0.25) is 0 Å². The number of rotatable bonds is 59. The summed E-state index contributed by atoms with van der Waals surface area (Å²) in [7, 11) is 0. The van der Waals surface area contributed by atoms with E-state index in [-0.39, 0.29) is 31.1 Å². The van der Waals surface area contributed by atoms with Crippen LogP contribution in [0.3, 0.4) is 0 Å². The topological polar surface area (TPSA) is 78.9 Å². The van der Waals surface area contributed by atoms with Crippen LogP contribution in [0.4, 0.5) is 0 Å². The van der Waals surface area contributed by atoms with Crippen molar-refractivity contribution in [3.8, 4) is 0 Å². The molecule has 0 saturated heterocycles. The smallest absolute Gasteiger partial charge is 0.306 e. The Labute approximate surface area is 488 Å². The molecule has 0 saturated carbocycles. The zero-order valence-electron chi connectivity index (χ0n) is 51.6. The van der Waals surface area contributed by atoms with Crippen LogP contribution in [0.1, 0.15) is 303 Å². The third-order valence-corrected chi connectivity index (χ3v) is 14.0. The Balaban J connectivity index is 4.21. The van der Waals surface area contributed by atoms with Crippen molar-refractivity contribution >= 4 is 17.9 Å². The first-order valence-electron chi connectivity index (χ1n) is 33.0. The molecule has 6 heteroatoms. The summed E-state index contributed by atoms with van der Waals surface area (Å²) >= 11 is 0. The Morgan fingerprint density at radius 1 is 0.266 bits per heavy atom. The molecule has 0 radical (unpaired) electrons. The zero-order chi connectivity index (χ0) is 57.1. The fourth-order valence-corrected chi connectivity index (χ4v) is 9.09. The standard InChI is InChI=1S/C73H122O6/c1-4-7-10-13-16-19-21-23-25-27-29-31-33-34-35-36-37-38-40-41-43-45-47-49-51-54-57-60-63-66-72(75)78-69-70(68-77-71(74)65-62-59-56-53-18-15-12-9-6-3)79-73(76)67-64-61-58-55-52-50-48-46-44-42-39-32-30-28-26-24-22-20-17-14-11-8-5-2/h7-8,10-11,16-17,19-20,23-26,29-32,34-35,42,44,70H,4-6,9,12-15,18,21-22,27-28,33,36-41,43,45-69H2,1-3H3/b10-7-,11-8-,19-16-,20-17-,25-23-,26-24-,31-29-,32-30-,35-34-,44-42-. The Kier molecular flexibility index (Phi) is 62.8. The SMILES string of the molecule is CC/C=C\C/C=C\C/C=C\C/C=C\C/C=C\CCCCCCCCCCCCCCCC(=O)OCC(COC(=O)CCCCCCCCCCC)OC(=O)CCCCCCCCC/C=C\C/C=C\C/C=C\C/C=C\C/C=C\CC. The molecule has 0 aromatic rings. The molecule has 0 spiro atoms. The van der Waals surface area contributed by atoms with Gasteiger partial charge in [0.05, 0.1) is 0 Å². The van der Waals surface area contributed by atoms with Crippen LogP contribution in [0.2, 0.25) is 0 Å². The Morgan fingerprint density at radius 2 is 0.494 bits per heavy atom. The van der Waals surface area contributed by atoms with Gasteiger partial charge in [-0.3, -0.25) is 14.4 Å². The summed E-state index contributed by atoms with van der Waals surface area (Å²) in [5.74, 6) is -0.890. The highest BCUT2D eigenvalue weighted by Gasteiger charge is 2.19. The summed E-state index contributed by atoms with van der Waals surface area (Å²) in [6, 6.07) is 0. The van der Waals surface area contributed by atoms with Crippen LogP contribution in [0, 0.1) is 0 Å². The zero-order valence-corrected chi connectivity index (χ0v) is 51.6. The lowest BCUT2D eigenvalue weighted by Crippen LogP contribution is -2.30. The van der Waals surface area contributed by atoms with Gasteiger partial charge in [0, 0.05) is 19.3 Å². The van der Waals surface area contributed by atoms with Crippen molar-refractivity contribution in [2.75, 3.05) is 13.2 Å². The molecule has 79 heavy (non-hydrogen) atoms. The maximum absolute atomic E-state index is 12.9. The molecule has 0 fully saturated rings. The van der Waals surface area contributed by atoms with E-state index in [1.807, 2.05) is 0 Å². The van der Waals surface area contributed by atoms with Gasteiger partial charge >= 0.3 is 17.9 Å². The van der Waals surface area contributed by atoms with Gasteiger partial charge in [-0.25, -0.2) is 0 Å². The number of carbonyl (C=O) groups is 3. The van der Waals surface area contributed by atoms with Crippen LogP contribution in [0.5, 0.6) is 0 Å². The van der Waals surface area contributed by atoms with Crippen molar-refractivity contribution in [2.45, 2.75) is 309 Å². The molecule has 0 aliphatic heterocycles. The van der Waals surface area contributed by atoms with Gasteiger partial charge in [-0.1, -0.05) is 296 Å². The first-order chi connectivity index (χ1) is 39.0. The lowest BCUT2D eigenvalue weighted by Gasteiger charge is -2.18. The third-order valence-electron chi connectivity index (χ3n) is 14.0. The number of ether oxygens (including phenoxy) is 3. The van der Waals surface area contributed by atoms with E-state index in [0.717, 1.165) is 128 Å². The van der Waals surface area contributed by atoms with Gasteiger partial charge in [-0.2, -0.15) is 0 Å². The first kappa shape index (κ1) is 74.8. The second kappa shape index (κ2) is 66.3. The molecule has 0 aromatic carbocycles. The van der Waals surface area contributed by atoms with Crippen LogP contribution in [-0.2, 0) is 28.6 Å². The quantitative estimate of drug-likeness (QED) is 0.0261. The highest BCUT2D eigenvalue weighted by atomic mass is 16.6. The average Bonchev–Trinajstić information content (AvgIpc) is 3.45. The Morgan fingerprint density at radius 3 is 0.772 bits per heavy atom. The van der Waals surface area contributed by atoms with Crippen molar-refractivity contribution in [3.05, 3.63) is 122 Å². The summed E-state index contributed by atoms with van der Waals surface area (Å²) in [5, 5.41) is 0. The molecule has 0 aromatic heterocycles. The minimum Gasteiger partial charge on any atom is -0.462 e. The normalized spacial score (nSPS) is 12.9. The third kappa shape index (κ3) is 64.5. The highest BCUT2D eigenvalue weighted by molar-refractivity contribution is 5.71. The fourth-order valence-electron chi connectivity index (χ4n) is 9.09. The van der Waals surface area contributed by atoms with Gasteiger partial charge in [0.15, 0.2) is 6.10 Å². The van der Waals surface area contributed by atoms with E-state index in [0.29, 0.717) is 19.3 Å². The lowest BCUT2D eigenvalue weighted by molar-refractivity contribution is -0.167. The molecule has 0 N–H and O–H groups in total. The van der Waals surface area contributed by atoms with Crippen molar-refractivity contribution in [2.24, 2.45) is 0 Å². The van der Waals surface area contributed by atoms with Gasteiger partial charge in [0.25, 0.3) is 0 Å². The summed E-state index contributed by atoms with van der Waals surface area (Å²) in [5.41, 5.74) is 0. The second-order valence-electron chi connectivity index (χ2n) is 21.6. The molecule has 0 bridgehead atoms. The first-order valence-corrected chi connectivity index (χ1v) is 33.0. The molecule has 0 aliphatic rings. The maximum Gasteiger partial charge on any atom is 0.306 e. The predicted octanol–water partition coefficient (Wildman–Crippen LogP) is 22.8. The van der Waals surface area contributed by atoms with Crippen LogP contribution in [0.15, 0.2) is 122 Å². The second-order valence-corrected chi connectivity index (χ2v) is 21.6. The van der Waals surface area contributed by atoms with Crippen molar-refractivity contribution in [1.29, 1.82) is 0 Å². The highest BCUT2D eigenvalue weighted by Crippen LogP contribution is 2.16. The minimum absolute atomic E-state index is 0.0820. The van der Waals surface area contributed by atoms with Crippen LogP contribution >= 0.6 is 0 Å². The Hall–Kier alpha value is -4.19. The monoisotopic (exact) mass is 1090 g/mol. The predicted molar refractivity (Wildman–Crippen MR) is 343 cm³/mol. The minimum atomic E-state index is -0.785. The number of hydrogen-bond donors (Lipinski definition) is 0. The summed E-state index contributed by atoms with van der Waals surface area (Å²) in [6.45, 7) is 6.40. The maximum atomic E-state index is 12.9. The molecule has 0 amide bonds. The number of unbranched alkanes of at least 4 members (excludes halogenated alkanes) is 28. The van der Waals surface area contributed by atoms with Crippen molar-refractivity contribution < 1.29 is 28.6 Å². The molecule has 1 unspecified atom stereocenters. The van der Waals surface area contributed by atoms with Crippen LogP contribution in [-0.4, -0.2) is 37.2 Å². The van der Waals surface area contributed by atoms with Crippen LogP contribution < -0.4 is 0 Å². The number of allylic oxidation sites excluding steroid dienone is 20. The van der Waals surface area contributed by atoms with Crippen molar-refractivity contribution in [1.82, 2.24) is 0 Å². The molecule has 450 valence electrons. The molecular formula is C73H122O6. The van der Waals surface area contributed by atoms with Crippen molar-refractivity contribution in [3.63, 3.8) is 0 Å². The molecule has 1 atom stereocenters. The van der Waals surface area contributed by atoms with E-state index in [9.17, 15) is 14.4 Å². The molecule has 0 rings (SSSR count). The lowest BCUT2D eigenvalue weighted by atomic mass is 10.0. The van der Waals surface area contributed by atoms with Gasteiger partial charge in [-0.15, -0.1) is 0 Å². The number of esters is 3. The Bertz CT molecular complexity index is 1640. The van der Waals surface area contributed by atoms with Crippen LogP contribution in [0.25, 0.3) is 0 Å².